The van der Waals surface area contributed by atoms with Crippen molar-refractivity contribution in [2.45, 2.75) is 20.0 Å². The zero-order chi connectivity index (χ0) is 15.1. The largest absolute Gasteiger partial charge is 0.486 e. The topological polar surface area (TPSA) is 29.5 Å². The summed E-state index contributed by atoms with van der Waals surface area (Å²) in [6.07, 6.45) is 0.400. The van der Waals surface area contributed by atoms with Gasteiger partial charge in [-0.1, -0.05) is 41.7 Å². The Morgan fingerprint density at radius 3 is 2.62 bits per heavy atom. The number of benzene rings is 2. The molecule has 0 aliphatic heterocycles. The molecule has 0 amide bonds. The van der Waals surface area contributed by atoms with E-state index in [1.807, 2.05) is 31.2 Å². The highest BCUT2D eigenvalue weighted by atomic mass is 19.1. The third-order valence-electron chi connectivity index (χ3n) is 2.92. The molecule has 0 aliphatic carbocycles. The Morgan fingerprint density at radius 2 is 1.90 bits per heavy atom. The molecule has 0 spiro atoms. The summed E-state index contributed by atoms with van der Waals surface area (Å²) in [7, 11) is 0. The fourth-order valence-electron chi connectivity index (χ4n) is 1.76. The van der Waals surface area contributed by atoms with E-state index in [4.69, 9.17) is 9.84 Å². The molecule has 2 nitrogen and oxygen atoms in total. The first-order valence-electron chi connectivity index (χ1n) is 6.76. The third kappa shape index (κ3) is 4.62. The maximum atomic E-state index is 13.7. The van der Waals surface area contributed by atoms with E-state index in [-0.39, 0.29) is 12.4 Å². The second kappa shape index (κ2) is 7.47. The van der Waals surface area contributed by atoms with Crippen LogP contribution in [-0.4, -0.2) is 11.7 Å². The van der Waals surface area contributed by atoms with Gasteiger partial charge in [-0.25, -0.2) is 4.39 Å². The number of rotatable bonds is 4. The molecule has 0 bridgehead atoms. The zero-order valence-corrected chi connectivity index (χ0v) is 11.9. The van der Waals surface area contributed by atoms with Crippen molar-refractivity contribution in [3.63, 3.8) is 0 Å². The quantitative estimate of drug-likeness (QED) is 0.871. The predicted octanol–water partition coefficient (Wildman–Crippen LogP) is 3.45. The number of hydrogen-bond donors (Lipinski definition) is 1. The van der Waals surface area contributed by atoms with E-state index >= 15 is 0 Å². The molecule has 0 atom stereocenters. The lowest BCUT2D eigenvalue weighted by atomic mass is 10.1. The Balaban J connectivity index is 2.07. The van der Waals surface area contributed by atoms with E-state index < -0.39 is 5.82 Å². The first-order chi connectivity index (χ1) is 10.2. The molecule has 21 heavy (non-hydrogen) atoms. The molecule has 0 fully saturated rings. The fourth-order valence-corrected chi connectivity index (χ4v) is 1.76. The number of hydrogen-bond acceptors (Lipinski definition) is 2. The summed E-state index contributed by atoms with van der Waals surface area (Å²) in [6.45, 7) is 2.34. The number of ether oxygens (including phenoxy) is 1. The number of halogens is 1. The van der Waals surface area contributed by atoms with Gasteiger partial charge in [0, 0.05) is 12.0 Å². The van der Waals surface area contributed by atoms with E-state index in [1.165, 1.54) is 11.6 Å². The molecule has 0 heterocycles. The zero-order valence-electron chi connectivity index (χ0n) is 11.9. The highest BCUT2D eigenvalue weighted by Gasteiger charge is 2.04. The molecule has 2 aromatic carbocycles. The first-order valence-corrected chi connectivity index (χ1v) is 6.76. The van der Waals surface area contributed by atoms with Crippen molar-refractivity contribution in [3.05, 3.63) is 65.0 Å². The molecule has 0 saturated heterocycles. The average molecular weight is 284 g/mol. The third-order valence-corrected chi connectivity index (χ3v) is 2.92. The number of aliphatic hydroxyl groups excluding tert-OH is 1. The minimum Gasteiger partial charge on any atom is -0.486 e. The van der Waals surface area contributed by atoms with Crippen LogP contribution in [0.1, 0.15) is 23.1 Å². The fraction of sp³-hybridized carbons (Fsp3) is 0.222. The van der Waals surface area contributed by atoms with E-state index in [1.54, 1.807) is 12.1 Å². The van der Waals surface area contributed by atoms with Gasteiger partial charge in [0.1, 0.15) is 6.61 Å². The monoisotopic (exact) mass is 284 g/mol. The lowest BCUT2D eigenvalue weighted by molar-refractivity contribution is 0.290. The molecule has 0 aliphatic rings. The van der Waals surface area contributed by atoms with Gasteiger partial charge in [0.2, 0.25) is 0 Å². The van der Waals surface area contributed by atoms with Gasteiger partial charge in [0.15, 0.2) is 11.6 Å². The van der Waals surface area contributed by atoms with Crippen molar-refractivity contribution in [1.82, 2.24) is 0 Å². The van der Waals surface area contributed by atoms with Crippen LogP contribution in [0.5, 0.6) is 5.75 Å². The van der Waals surface area contributed by atoms with Gasteiger partial charge in [-0.15, -0.1) is 0 Å². The first kappa shape index (κ1) is 15.1. The van der Waals surface area contributed by atoms with Crippen molar-refractivity contribution in [2.24, 2.45) is 0 Å². The second-order valence-corrected chi connectivity index (χ2v) is 4.69. The lowest BCUT2D eigenvalue weighted by Gasteiger charge is -2.08. The summed E-state index contributed by atoms with van der Waals surface area (Å²) >= 11 is 0. The Morgan fingerprint density at radius 1 is 1.14 bits per heavy atom. The average Bonchev–Trinajstić information content (AvgIpc) is 2.49. The van der Waals surface area contributed by atoms with Crippen LogP contribution in [0.3, 0.4) is 0 Å². The summed E-state index contributed by atoms with van der Waals surface area (Å²) in [6, 6.07) is 12.4. The van der Waals surface area contributed by atoms with Crippen LogP contribution in [0.4, 0.5) is 4.39 Å². The van der Waals surface area contributed by atoms with E-state index in [2.05, 4.69) is 11.8 Å². The van der Waals surface area contributed by atoms with Crippen LogP contribution >= 0.6 is 0 Å². The van der Waals surface area contributed by atoms with Crippen LogP contribution in [0, 0.1) is 24.6 Å². The van der Waals surface area contributed by atoms with Crippen molar-refractivity contribution in [2.75, 3.05) is 6.61 Å². The van der Waals surface area contributed by atoms with Gasteiger partial charge in [-0.3, -0.25) is 0 Å². The summed E-state index contributed by atoms with van der Waals surface area (Å²) in [5, 5.41) is 8.69. The normalized spacial score (nSPS) is 9.86. The van der Waals surface area contributed by atoms with E-state index in [0.717, 1.165) is 5.56 Å². The minimum atomic E-state index is -0.408. The van der Waals surface area contributed by atoms with Gasteiger partial charge in [0.25, 0.3) is 0 Å². The molecule has 0 radical (unpaired) electrons. The Kier molecular flexibility index (Phi) is 5.36. The van der Waals surface area contributed by atoms with Crippen molar-refractivity contribution in [3.8, 4) is 17.6 Å². The SMILES string of the molecule is Cc1ccc(COc2cc(C#CCCO)ccc2F)cc1. The Labute approximate surface area is 124 Å². The van der Waals surface area contributed by atoms with Crippen LogP contribution in [-0.2, 0) is 6.61 Å². The maximum Gasteiger partial charge on any atom is 0.165 e. The molecule has 108 valence electrons. The van der Waals surface area contributed by atoms with E-state index in [9.17, 15) is 4.39 Å². The molecule has 2 rings (SSSR count). The van der Waals surface area contributed by atoms with Gasteiger partial charge < -0.3 is 9.84 Å². The lowest BCUT2D eigenvalue weighted by Crippen LogP contribution is -1.98. The van der Waals surface area contributed by atoms with E-state index in [0.29, 0.717) is 18.6 Å². The predicted molar refractivity (Wildman–Crippen MR) is 80.5 cm³/mol. The summed E-state index contributed by atoms with van der Waals surface area (Å²) < 4.78 is 19.2. The molecular weight excluding hydrogens is 267 g/mol. The standard InChI is InChI=1S/C18H17FO2/c1-14-5-7-16(8-6-14)13-21-18-12-15(4-2-3-11-20)9-10-17(18)19/h5-10,12,20H,3,11,13H2,1H3. The molecular formula is C18H17FO2. The molecule has 3 heteroatoms. The summed E-state index contributed by atoms with van der Waals surface area (Å²) in [4.78, 5) is 0. The molecule has 0 unspecified atom stereocenters. The van der Waals surface area contributed by atoms with Crippen LogP contribution in [0.15, 0.2) is 42.5 Å². The number of aryl methyl sites for hydroxylation is 1. The smallest absolute Gasteiger partial charge is 0.165 e. The van der Waals surface area contributed by atoms with Crippen molar-refractivity contribution < 1.29 is 14.2 Å². The summed E-state index contributed by atoms with van der Waals surface area (Å²) in [5.41, 5.74) is 2.83. The summed E-state index contributed by atoms with van der Waals surface area (Å²) in [5.74, 6) is 5.44. The van der Waals surface area contributed by atoms with Gasteiger partial charge in [-0.2, -0.15) is 0 Å². The van der Waals surface area contributed by atoms with Gasteiger partial charge in [-0.05, 0) is 30.7 Å². The highest BCUT2D eigenvalue weighted by Crippen LogP contribution is 2.20. The molecule has 1 N–H and O–H groups in total. The minimum absolute atomic E-state index is 0.0188. The van der Waals surface area contributed by atoms with Crippen molar-refractivity contribution >= 4 is 0 Å². The van der Waals surface area contributed by atoms with Crippen LogP contribution in [0.25, 0.3) is 0 Å². The Bertz CT molecular complexity index is 651. The Hall–Kier alpha value is -2.31. The van der Waals surface area contributed by atoms with Crippen LogP contribution in [0.2, 0.25) is 0 Å². The van der Waals surface area contributed by atoms with Crippen molar-refractivity contribution in [1.29, 1.82) is 0 Å². The second-order valence-electron chi connectivity index (χ2n) is 4.69. The number of aliphatic hydroxyl groups is 1. The molecule has 0 saturated carbocycles. The van der Waals surface area contributed by atoms with Crippen LogP contribution < -0.4 is 4.74 Å². The van der Waals surface area contributed by atoms with Gasteiger partial charge >= 0.3 is 0 Å². The molecule has 0 aromatic heterocycles. The highest BCUT2D eigenvalue weighted by molar-refractivity contribution is 5.40. The van der Waals surface area contributed by atoms with Gasteiger partial charge in [0.05, 0.1) is 6.61 Å². The maximum absolute atomic E-state index is 13.7. The molecule has 2 aromatic rings.